The number of benzene rings is 3. The average molecular weight is 499 g/mol. The van der Waals surface area contributed by atoms with Crippen LogP contribution >= 0.6 is 0 Å². The Morgan fingerprint density at radius 1 is 1.03 bits per heavy atom. The van der Waals surface area contributed by atoms with Gasteiger partial charge in [-0.25, -0.2) is 8.42 Å². The van der Waals surface area contributed by atoms with Crippen LogP contribution in [0.1, 0.15) is 11.1 Å². The van der Waals surface area contributed by atoms with E-state index in [0.717, 1.165) is 9.87 Å². The van der Waals surface area contributed by atoms with Crippen molar-refractivity contribution in [3.05, 3.63) is 96.6 Å². The van der Waals surface area contributed by atoms with Gasteiger partial charge in [0.15, 0.2) is 0 Å². The lowest BCUT2D eigenvalue weighted by molar-refractivity contribution is -0.108. The predicted octanol–water partition coefficient (Wildman–Crippen LogP) is 2.93. The second-order valence-corrected chi connectivity index (χ2v) is 11.2. The van der Waals surface area contributed by atoms with Crippen LogP contribution in [0.5, 0.6) is 5.75 Å². The molecular formula is C24H22N2O6S2. The topological polar surface area (TPSA) is 110 Å². The zero-order valence-electron chi connectivity index (χ0n) is 18.0. The van der Waals surface area contributed by atoms with Crippen LogP contribution in [0.25, 0.3) is 4.91 Å². The monoisotopic (exact) mass is 498 g/mol. The van der Waals surface area contributed by atoms with Crippen LogP contribution in [-0.4, -0.2) is 35.7 Å². The van der Waals surface area contributed by atoms with Gasteiger partial charge in [-0.2, -0.15) is 13.1 Å². The lowest BCUT2D eigenvalue weighted by Crippen LogP contribution is -2.30. The highest BCUT2D eigenvalue weighted by molar-refractivity contribution is 8.00. The Morgan fingerprint density at radius 3 is 2.32 bits per heavy atom. The first-order valence-corrected chi connectivity index (χ1v) is 13.2. The maximum atomic E-state index is 12.8. The van der Waals surface area contributed by atoms with Gasteiger partial charge in [-0.15, -0.1) is 0 Å². The normalized spacial score (nSPS) is 17.3. The largest absolute Gasteiger partial charge is 0.487 e. The summed E-state index contributed by atoms with van der Waals surface area (Å²) in [5, 5.41) is 0. The highest BCUT2D eigenvalue weighted by atomic mass is 32.2. The average Bonchev–Trinajstić information content (AvgIpc) is 3.17. The molecule has 0 saturated carbocycles. The molecule has 0 aliphatic carbocycles. The third-order valence-electron chi connectivity index (χ3n) is 5.30. The number of para-hydroxylation sites is 2. The van der Waals surface area contributed by atoms with Gasteiger partial charge >= 0.3 is 10.2 Å². The molecular weight excluding hydrogens is 476 g/mol. The van der Waals surface area contributed by atoms with Crippen molar-refractivity contribution in [2.24, 2.45) is 0 Å². The van der Waals surface area contributed by atoms with E-state index in [9.17, 15) is 21.6 Å². The molecule has 1 fully saturated rings. The minimum absolute atomic E-state index is 0.00649. The fourth-order valence-electron chi connectivity index (χ4n) is 3.50. The molecule has 0 aromatic heterocycles. The zero-order valence-corrected chi connectivity index (χ0v) is 19.6. The van der Waals surface area contributed by atoms with E-state index in [0.29, 0.717) is 23.3 Å². The van der Waals surface area contributed by atoms with E-state index in [4.69, 9.17) is 4.74 Å². The number of anilines is 1. The van der Waals surface area contributed by atoms with Gasteiger partial charge < -0.3 is 9.53 Å². The molecule has 0 spiro atoms. The fourth-order valence-corrected chi connectivity index (χ4v) is 6.15. The Hall–Kier alpha value is -3.47. The minimum atomic E-state index is -3.85. The molecule has 8 nitrogen and oxygen atoms in total. The fraction of sp³-hybridized carbons (Fsp3) is 0.125. The summed E-state index contributed by atoms with van der Waals surface area (Å²) in [4.78, 5) is 11.2. The number of nitrogens with zero attached hydrogens (tertiary/aromatic N) is 1. The third kappa shape index (κ3) is 4.74. The van der Waals surface area contributed by atoms with Gasteiger partial charge in [-0.3, -0.25) is 4.31 Å². The van der Waals surface area contributed by atoms with Crippen LogP contribution in [0, 0.1) is 0 Å². The smallest absolute Gasteiger partial charge is 0.302 e. The van der Waals surface area contributed by atoms with Crippen molar-refractivity contribution < 1.29 is 26.4 Å². The first-order valence-electron chi connectivity index (χ1n) is 10.3. The number of carbonyl (C=O) groups is 1. The maximum Gasteiger partial charge on any atom is 0.302 e. The van der Waals surface area contributed by atoms with E-state index in [-0.39, 0.29) is 23.0 Å². The number of aldehydes is 1. The molecule has 0 bridgehead atoms. The number of sulfone groups is 1. The Balaban J connectivity index is 1.49. The summed E-state index contributed by atoms with van der Waals surface area (Å²) < 4.78 is 59.6. The molecule has 0 radical (unpaired) electrons. The number of hydrogen-bond donors (Lipinski definition) is 1. The number of carbonyl (C=O) groups excluding carboxylic acids is 1. The lowest BCUT2D eigenvalue weighted by atomic mass is 10.1. The summed E-state index contributed by atoms with van der Waals surface area (Å²) >= 11 is 0. The summed E-state index contributed by atoms with van der Waals surface area (Å²) in [5.74, 6) is 0.333. The number of hydrogen-bond acceptors (Lipinski definition) is 6. The van der Waals surface area contributed by atoms with Gasteiger partial charge in [0.2, 0.25) is 9.84 Å². The van der Waals surface area contributed by atoms with Crippen molar-refractivity contribution in [3.8, 4) is 5.75 Å². The second kappa shape index (κ2) is 9.41. The van der Waals surface area contributed by atoms with Crippen molar-refractivity contribution in [3.63, 3.8) is 0 Å². The second-order valence-electron chi connectivity index (χ2n) is 7.59. The zero-order chi connectivity index (χ0) is 24.3. The first kappa shape index (κ1) is 23.7. The molecule has 1 aliphatic rings. The van der Waals surface area contributed by atoms with E-state index >= 15 is 0 Å². The SMILES string of the molecule is C=C(c1ccc(COc2ccccc2N2CC(C=O)NS2(=O)=O)cc1)S(=O)(=O)c1ccccc1. The van der Waals surface area contributed by atoms with Gasteiger partial charge in [0.05, 0.1) is 28.1 Å². The summed E-state index contributed by atoms with van der Waals surface area (Å²) in [6, 6.07) is 20.6. The highest BCUT2D eigenvalue weighted by Gasteiger charge is 2.36. The van der Waals surface area contributed by atoms with Gasteiger partial charge in [0, 0.05) is 0 Å². The van der Waals surface area contributed by atoms with Crippen LogP contribution in [0.4, 0.5) is 5.69 Å². The van der Waals surface area contributed by atoms with Crippen LogP contribution in [0.15, 0.2) is 90.3 Å². The van der Waals surface area contributed by atoms with Crippen molar-refractivity contribution in [2.75, 3.05) is 10.8 Å². The van der Waals surface area contributed by atoms with Gasteiger partial charge in [-0.1, -0.05) is 61.2 Å². The molecule has 3 aromatic carbocycles. The van der Waals surface area contributed by atoms with Crippen molar-refractivity contribution in [2.45, 2.75) is 17.5 Å². The molecule has 176 valence electrons. The lowest BCUT2D eigenvalue weighted by Gasteiger charge is -2.19. The molecule has 1 aliphatic heterocycles. The Labute approximate surface area is 198 Å². The Morgan fingerprint density at radius 2 is 1.68 bits per heavy atom. The molecule has 34 heavy (non-hydrogen) atoms. The number of ether oxygens (including phenoxy) is 1. The van der Waals surface area contributed by atoms with E-state index in [1.165, 1.54) is 12.1 Å². The molecule has 3 aromatic rings. The molecule has 1 heterocycles. The molecule has 0 amide bonds. The van der Waals surface area contributed by atoms with E-state index in [1.807, 2.05) is 0 Å². The standard InChI is InChI=1S/C24H22N2O6S2/c1-18(33(28,29)22-7-3-2-4-8-22)20-13-11-19(12-14-20)17-32-24-10-6-5-9-23(24)26-15-21(16-27)25-34(26,30)31/h2-14,16,21,25H,1,15,17H2. The maximum absolute atomic E-state index is 12.8. The van der Waals surface area contributed by atoms with E-state index < -0.39 is 26.1 Å². The van der Waals surface area contributed by atoms with Gasteiger partial charge in [0.1, 0.15) is 18.6 Å². The van der Waals surface area contributed by atoms with Crippen molar-refractivity contribution in [1.29, 1.82) is 0 Å². The predicted molar refractivity (Wildman–Crippen MR) is 129 cm³/mol. The molecule has 1 unspecified atom stereocenters. The summed E-state index contributed by atoms with van der Waals surface area (Å²) in [5.41, 5.74) is 1.53. The number of nitrogens with one attached hydrogen (secondary N) is 1. The van der Waals surface area contributed by atoms with Gasteiger partial charge in [0.25, 0.3) is 0 Å². The van der Waals surface area contributed by atoms with Crippen LogP contribution < -0.4 is 13.8 Å². The summed E-state index contributed by atoms with van der Waals surface area (Å²) in [7, 11) is -7.57. The molecule has 1 N–H and O–H groups in total. The highest BCUT2D eigenvalue weighted by Crippen LogP contribution is 2.32. The molecule has 10 heteroatoms. The van der Waals surface area contributed by atoms with Crippen molar-refractivity contribution in [1.82, 2.24) is 4.72 Å². The van der Waals surface area contributed by atoms with Crippen LogP contribution in [-0.2, 0) is 31.4 Å². The Kier molecular flexibility index (Phi) is 6.56. The number of rotatable bonds is 8. The Bertz CT molecular complexity index is 1420. The molecule has 4 rings (SSSR count). The van der Waals surface area contributed by atoms with Gasteiger partial charge in [-0.05, 0) is 35.4 Å². The molecule has 1 atom stereocenters. The van der Waals surface area contributed by atoms with E-state index in [1.54, 1.807) is 66.7 Å². The van der Waals surface area contributed by atoms with Crippen LogP contribution in [0.2, 0.25) is 0 Å². The molecule has 1 saturated heterocycles. The third-order valence-corrected chi connectivity index (χ3v) is 8.60. The van der Waals surface area contributed by atoms with E-state index in [2.05, 4.69) is 11.3 Å². The summed E-state index contributed by atoms with van der Waals surface area (Å²) in [6.45, 7) is 3.86. The van der Waals surface area contributed by atoms with Crippen LogP contribution in [0.3, 0.4) is 0 Å². The first-order chi connectivity index (χ1) is 16.2. The van der Waals surface area contributed by atoms with Crippen molar-refractivity contribution >= 4 is 36.9 Å². The quantitative estimate of drug-likeness (QED) is 0.478. The summed E-state index contributed by atoms with van der Waals surface area (Å²) in [6.07, 6.45) is 0.550. The minimum Gasteiger partial charge on any atom is -0.487 e.